The van der Waals surface area contributed by atoms with Crippen LogP contribution in [0.25, 0.3) is 0 Å². The summed E-state index contributed by atoms with van der Waals surface area (Å²) in [6.07, 6.45) is 0. The van der Waals surface area contributed by atoms with Crippen molar-refractivity contribution in [2.45, 2.75) is 20.0 Å². The minimum Gasteiger partial charge on any atom is -0.348 e. The highest BCUT2D eigenvalue weighted by atomic mass is 16.7. The predicted octanol–water partition coefficient (Wildman–Crippen LogP) is 1.70. The average molecular weight is 395 g/mol. The van der Waals surface area contributed by atoms with E-state index in [-0.39, 0.29) is 23.5 Å². The van der Waals surface area contributed by atoms with Crippen LogP contribution in [0.15, 0.2) is 36.4 Å². The maximum absolute atomic E-state index is 11.8. The molecule has 0 fully saturated rings. The minimum atomic E-state index is -0.232. The molecule has 0 unspecified atom stereocenters. The van der Waals surface area contributed by atoms with Gasteiger partial charge in [0.25, 0.3) is 17.7 Å². The fourth-order valence-electron chi connectivity index (χ4n) is 3.08. The van der Waals surface area contributed by atoms with Crippen molar-refractivity contribution >= 4 is 23.5 Å². The van der Waals surface area contributed by atoms with Gasteiger partial charge in [0.1, 0.15) is 0 Å². The van der Waals surface area contributed by atoms with Gasteiger partial charge in [-0.1, -0.05) is 6.07 Å². The van der Waals surface area contributed by atoms with E-state index in [9.17, 15) is 19.2 Å². The molecule has 0 spiro atoms. The molecule has 2 N–H and O–H groups in total. The van der Waals surface area contributed by atoms with Crippen molar-refractivity contribution in [3.63, 3.8) is 0 Å². The maximum Gasteiger partial charge on any atom is 0.277 e. The highest BCUT2D eigenvalue weighted by molar-refractivity contribution is 6.01. The number of Topliss-reactive ketones (excluding diaryl/α,β-unsaturated/α-hetero) is 1. The van der Waals surface area contributed by atoms with Crippen molar-refractivity contribution in [2.75, 3.05) is 14.2 Å². The Hall–Kier alpha value is -3.52. The number of hydroxylamine groups is 2. The Balaban J connectivity index is 0.000000169. The zero-order chi connectivity index (χ0) is 21.1. The summed E-state index contributed by atoms with van der Waals surface area (Å²) in [5, 5.41) is 6.54. The molecule has 0 atom stereocenters. The van der Waals surface area contributed by atoms with Crippen LogP contribution in [0.4, 0.5) is 0 Å². The third-order valence-electron chi connectivity index (χ3n) is 4.79. The van der Waals surface area contributed by atoms with Gasteiger partial charge in [-0.3, -0.25) is 24.0 Å². The average Bonchev–Trinajstić information content (AvgIpc) is 3.29. The lowest BCUT2D eigenvalue weighted by Crippen LogP contribution is -2.25. The van der Waals surface area contributed by atoms with E-state index in [4.69, 9.17) is 4.84 Å². The molecule has 0 aromatic heterocycles. The summed E-state index contributed by atoms with van der Waals surface area (Å²) >= 11 is 0. The summed E-state index contributed by atoms with van der Waals surface area (Å²) in [5.74, 6) is -0.342. The van der Waals surface area contributed by atoms with Gasteiger partial charge in [-0.2, -0.15) is 0 Å². The number of carbonyl (C=O) groups is 4. The quantitative estimate of drug-likeness (QED) is 0.608. The molecule has 0 aliphatic carbocycles. The Labute approximate surface area is 167 Å². The number of benzene rings is 2. The molecular weight excluding hydrogens is 374 g/mol. The number of hydrogen-bond donors (Lipinski definition) is 2. The number of nitrogens with zero attached hydrogens (tertiary/aromatic N) is 1. The summed E-state index contributed by atoms with van der Waals surface area (Å²) in [6, 6.07) is 10.2. The topological polar surface area (TPSA) is 105 Å². The van der Waals surface area contributed by atoms with Crippen LogP contribution in [0.2, 0.25) is 0 Å². The van der Waals surface area contributed by atoms with Crippen LogP contribution in [-0.4, -0.2) is 42.7 Å². The van der Waals surface area contributed by atoms with Crippen molar-refractivity contribution in [1.29, 1.82) is 0 Å². The molecule has 0 saturated carbocycles. The van der Waals surface area contributed by atoms with E-state index >= 15 is 0 Å². The van der Waals surface area contributed by atoms with Crippen molar-refractivity contribution in [3.05, 3.63) is 69.8 Å². The summed E-state index contributed by atoms with van der Waals surface area (Å²) in [5.41, 5.74) is 4.26. The lowest BCUT2D eigenvalue weighted by Gasteiger charge is -2.13. The highest BCUT2D eigenvalue weighted by Gasteiger charge is 2.21. The molecule has 2 aromatic rings. The summed E-state index contributed by atoms with van der Waals surface area (Å²) in [7, 11) is 2.97. The van der Waals surface area contributed by atoms with Crippen molar-refractivity contribution in [2.24, 2.45) is 0 Å². The number of ketones is 1. The lowest BCUT2D eigenvalue weighted by atomic mass is 10.0. The third kappa shape index (κ3) is 4.17. The van der Waals surface area contributed by atoms with Gasteiger partial charge in [0.2, 0.25) is 0 Å². The first-order valence-corrected chi connectivity index (χ1v) is 8.97. The van der Waals surface area contributed by atoms with Crippen LogP contribution >= 0.6 is 0 Å². The van der Waals surface area contributed by atoms with Crippen LogP contribution < -0.4 is 10.6 Å². The summed E-state index contributed by atoms with van der Waals surface area (Å²) < 4.78 is 0. The predicted molar refractivity (Wildman–Crippen MR) is 104 cm³/mol. The van der Waals surface area contributed by atoms with Crippen LogP contribution in [0, 0.1) is 0 Å². The molecule has 0 saturated heterocycles. The first kappa shape index (κ1) is 20.2. The fraction of sp³-hybridized carbons (Fsp3) is 0.238. The van der Waals surface area contributed by atoms with E-state index in [1.165, 1.54) is 14.0 Å². The van der Waals surface area contributed by atoms with Gasteiger partial charge >= 0.3 is 0 Å². The lowest BCUT2D eigenvalue weighted by molar-refractivity contribution is -0.0757. The second-order valence-electron chi connectivity index (χ2n) is 6.65. The Bertz CT molecular complexity index is 1020. The van der Waals surface area contributed by atoms with Crippen LogP contribution in [0.1, 0.15) is 59.5 Å². The summed E-state index contributed by atoms with van der Waals surface area (Å²) in [6.45, 7) is 2.53. The Morgan fingerprint density at radius 3 is 1.86 bits per heavy atom. The molecule has 2 aliphatic heterocycles. The Kier molecular flexibility index (Phi) is 5.74. The molecule has 2 aromatic carbocycles. The SMILES string of the molecule is CC(=O)c1ccc2c(c1)CNC2=O.CON(C)C(=O)c1ccc2c(c1)CNC2=O. The molecule has 2 heterocycles. The van der Waals surface area contributed by atoms with Gasteiger partial charge in [0, 0.05) is 42.4 Å². The molecule has 0 radical (unpaired) electrons. The normalized spacial score (nSPS) is 13.5. The maximum atomic E-state index is 11.8. The van der Waals surface area contributed by atoms with Gasteiger partial charge in [-0.05, 0) is 48.4 Å². The smallest absolute Gasteiger partial charge is 0.277 e. The number of amides is 3. The zero-order valence-corrected chi connectivity index (χ0v) is 16.4. The number of carbonyl (C=O) groups excluding carboxylic acids is 4. The van der Waals surface area contributed by atoms with Crippen LogP contribution in [-0.2, 0) is 17.9 Å². The van der Waals surface area contributed by atoms with Gasteiger partial charge in [-0.15, -0.1) is 0 Å². The van der Waals surface area contributed by atoms with E-state index in [0.717, 1.165) is 16.2 Å². The monoisotopic (exact) mass is 395 g/mol. The molecule has 8 heteroatoms. The highest BCUT2D eigenvalue weighted by Crippen LogP contribution is 2.18. The molecule has 4 rings (SSSR count). The molecule has 8 nitrogen and oxygen atoms in total. The zero-order valence-electron chi connectivity index (χ0n) is 16.4. The van der Waals surface area contributed by atoms with E-state index < -0.39 is 0 Å². The Morgan fingerprint density at radius 1 is 0.897 bits per heavy atom. The fourth-order valence-corrected chi connectivity index (χ4v) is 3.08. The minimum absolute atomic E-state index is 0.0298. The number of nitrogens with one attached hydrogen (secondary N) is 2. The van der Waals surface area contributed by atoms with Crippen LogP contribution in [0.5, 0.6) is 0 Å². The summed E-state index contributed by atoms with van der Waals surface area (Å²) in [4.78, 5) is 50.0. The van der Waals surface area contributed by atoms with E-state index in [0.29, 0.717) is 35.3 Å². The number of rotatable bonds is 3. The van der Waals surface area contributed by atoms with Gasteiger partial charge in [0.05, 0.1) is 7.11 Å². The molecular formula is C21H21N3O5. The third-order valence-corrected chi connectivity index (χ3v) is 4.79. The first-order chi connectivity index (χ1) is 13.8. The van der Waals surface area contributed by atoms with Gasteiger partial charge in [0.15, 0.2) is 5.78 Å². The van der Waals surface area contributed by atoms with E-state index in [2.05, 4.69) is 10.6 Å². The first-order valence-electron chi connectivity index (χ1n) is 8.97. The van der Waals surface area contributed by atoms with E-state index in [1.807, 2.05) is 0 Å². The standard InChI is InChI=1S/C11H12N2O3.C10H9NO2/c1-13(16-2)11(15)7-3-4-9-8(5-7)6-12-10(9)14;1-6(12)7-2-3-9-8(4-7)5-11-10(9)13/h3-5H,6H2,1-2H3,(H,12,14);2-4H,5H2,1H3,(H,11,13). The second-order valence-corrected chi connectivity index (χ2v) is 6.65. The Morgan fingerprint density at radius 2 is 1.38 bits per heavy atom. The molecule has 2 aliphatic rings. The van der Waals surface area contributed by atoms with Crippen molar-refractivity contribution < 1.29 is 24.0 Å². The van der Waals surface area contributed by atoms with Gasteiger partial charge < -0.3 is 10.6 Å². The molecule has 3 amide bonds. The van der Waals surface area contributed by atoms with Crippen molar-refractivity contribution in [1.82, 2.24) is 15.7 Å². The molecule has 150 valence electrons. The molecule has 29 heavy (non-hydrogen) atoms. The van der Waals surface area contributed by atoms with E-state index in [1.54, 1.807) is 43.4 Å². The van der Waals surface area contributed by atoms with Crippen LogP contribution in [0.3, 0.4) is 0 Å². The number of hydrogen-bond acceptors (Lipinski definition) is 5. The largest absolute Gasteiger partial charge is 0.348 e. The molecule has 0 bridgehead atoms. The van der Waals surface area contributed by atoms with Gasteiger partial charge in [-0.25, -0.2) is 5.06 Å². The second kappa shape index (κ2) is 8.24. The number of fused-ring (bicyclic) bond motifs is 2. The van der Waals surface area contributed by atoms with Crippen molar-refractivity contribution in [3.8, 4) is 0 Å².